The first-order chi connectivity index (χ1) is 8.66. The van der Waals surface area contributed by atoms with Gasteiger partial charge in [-0.15, -0.1) is 0 Å². The fourth-order valence-electron chi connectivity index (χ4n) is 2.18. The van der Waals surface area contributed by atoms with Crippen molar-refractivity contribution in [3.8, 4) is 5.75 Å². The van der Waals surface area contributed by atoms with E-state index in [-0.39, 0.29) is 17.7 Å². The molecule has 18 heavy (non-hydrogen) atoms. The van der Waals surface area contributed by atoms with Crippen LogP contribution < -0.4 is 5.32 Å². The molecule has 0 bridgehead atoms. The molecule has 2 N–H and O–H groups in total. The zero-order valence-electron chi connectivity index (χ0n) is 10.7. The minimum absolute atomic E-state index is 0.156. The first-order valence-electron chi connectivity index (χ1n) is 6.47. The summed E-state index contributed by atoms with van der Waals surface area (Å²) < 4.78 is 0. The molecule has 4 heteroatoms. The first kappa shape index (κ1) is 12.9. The fraction of sp³-hybridized carbons (Fsp3) is 0.500. The standard InChI is InChI=1S/C14H20N2O2/c1-11(14(18)16-8-2-3-9-16)15-10-12-4-6-13(17)7-5-12/h4-7,11,15,17H,2-3,8-10H2,1H3. The topological polar surface area (TPSA) is 52.6 Å². The second-order valence-corrected chi connectivity index (χ2v) is 4.80. The molecular formula is C14H20N2O2. The summed E-state index contributed by atoms with van der Waals surface area (Å²) in [6, 6.07) is 6.87. The molecule has 1 atom stereocenters. The number of carbonyl (C=O) groups is 1. The van der Waals surface area contributed by atoms with Gasteiger partial charge in [0.2, 0.25) is 5.91 Å². The van der Waals surface area contributed by atoms with Gasteiger partial charge in [0.15, 0.2) is 0 Å². The van der Waals surface area contributed by atoms with Gasteiger partial charge in [-0.25, -0.2) is 0 Å². The Bertz CT molecular complexity index is 397. The third kappa shape index (κ3) is 3.23. The Kier molecular flexibility index (Phi) is 4.20. The van der Waals surface area contributed by atoms with Gasteiger partial charge in [-0.1, -0.05) is 12.1 Å². The molecule has 4 nitrogen and oxygen atoms in total. The molecule has 0 radical (unpaired) electrons. The maximum atomic E-state index is 12.0. The number of carbonyl (C=O) groups excluding carboxylic acids is 1. The van der Waals surface area contributed by atoms with Gasteiger partial charge >= 0.3 is 0 Å². The van der Waals surface area contributed by atoms with Gasteiger partial charge in [-0.05, 0) is 37.5 Å². The number of hydrogen-bond donors (Lipinski definition) is 2. The number of nitrogens with zero attached hydrogens (tertiary/aromatic N) is 1. The van der Waals surface area contributed by atoms with Crippen molar-refractivity contribution in [3.05, 3.63) is 29.8 Å². The Balaban J connectivity index is 1.82. The van der Waals surface area contributed by atoms with Crippen LogP contribution in [0.25, 0.3) is 0 Å². The minimum atomic E-state index is -0.156. The van der Waals surface area contributed by atoms with E-state index >= 15 is 0 Å². The van der Waals surface area contributed by atoms with Crippen LogP contribution in [-0.2, 0) is 11.3 Å². The Morgan fingerprint density at radius 1 is 1.33 bits per heavy atom. The van der Waals surface area contributed by atoms with E-state index in [1.165, 1.54) is 0 Å². The molecule has 1 aromatic rings. The quantitative estimate of drug-likeness (QED) is 0.849. The van der Waals surface area contributed by atoms with E-state index in [2.05, 4.69) is 5.32 Å². The molecule has 1 aliphatic rings. The summed E-state index contributed by atoms with van der Waals surface area (Å²) >= 11 is 0. The molecule has 0 saturated carbocycles. The Labute approximate surface area is 108 Å². The summed E-state index contributed by atoms with van der Waals surface area (Å²) in [6.07, 6.45) is 2.24. The van der Waals surface area contributed by atoms with E-state index in [0.717, 1.165) is 31.5 Å². The summed E-state index contributed by atoms with van der Waals surface area (Å²) in [6.45, 7) is 4.33. The van der Waals surface area contributed by atoms with Gasteiger partial charge in [-0.3, -0.25) is 4.79 Å². The lowest BCUT2D eigenvalue weighted by Gasteiger charge is -2.21. The predicted molar refractivity (Wildman–Crippen MR) is 70.2 cm³/mol. The number of aromatic hydroxyl groups is 1. The molecule has 2 rings (SSSR count). The van der Waals surface area contributed by atoms with E-state index in [4.69, 9.17) is 0 Å². The Hall–Kier alpha value is -1.55. The van der Waals surface area contributed by atoms with E-state index in [1.807, 2.05) is 24.0 Å². The fourth-order valence-corrected chi connectivity index (χ4v) is 2.18. The highest BCUT2D eigenvalue weighted by atomic mass is 16.3. The van der Waals surface area contributed by atoms with Crippen LogP contribution in [0.1, 0.15) is 25.3 Å². The normalized spacial score (nSPS) is 16.8. The lowest BCUT2D eigenvalue weighted by Crippen LogP contribution is -2.43. The third-order valence-electron chi connectivity index (χ3n) is 3.34. The summed E-state index contributed by atoms with van der Waals surface area (Å²) in [5, 5.41) is 12.4. The van der Waals surface area contributed by atoms with E-state index in [1.54, 1.807) is 12.1 Å². The van der Waals surface area contributed by atoms with Crippen LogP contribution in [0.4, 0.5) is 0 Å². The first-order valence-corrected chi connectivity index (χ1v) is 6.47. The zero-order valence-corrected chi connectivity index (χ0v) is 10.7. The third-order valence-corrected chi connectivity index (χ3v) is 3.34. The van der Waals surface area contributed by atoms with Gasteiger partial charge in [-0.2, -0.15) is 0 Å². The highest BCUT2D eigenvalue weighted by molar-refractivity contribution is 5.81. The maximum absolute atomic E-state index is 12.0. The van der Waals surface area contributed by atoms with Crippen molar-refractivity contribution < 1.29 is 9.90 Å². The highest BCUT2D eigenvalue weighted by Gasteiger charge is 2.22. The summed E-state index contributed by atoms with van der Waals surface area (Å²) in [5.41, 5.74) is 1.06. The zero-order chi connectivity index (χ0) is 13.0. The second-order valence-electron chi connectivity index (χ2n) is 4.80. The van der Waals surface area contributed by atoms with Crippen molar-refractivity contribution in [2.45, 2.75) is 32.4 Å². The van der Waals surface area contributed by atoms with Gasteiger partial charge < -0.3 is 15.3 Å². The lowest BCUT2D eigenvalue weighted by atomic mass is 10.2. The van der Waals surface area contributed by atoms with E-state index in [0.29, 0.717) is 6.54 Å². The molecule has 0 spiro atoms. The molecule has 1 saturated heterocycles. The van der Waals surface area contributed by atoms with Crippen LogP contribution in [0.3, 0.4) is 0 Å². The van der Waals surface area contributed by atoms with Crippen LogP contribution in [0.2, 0.25) is 0 Å². The molecule has 1 unspecified atom stereocenters. The smallest absolute Gasteiger partial charge is 0.239 e. The molecule has 1 aliphatic heterocycles. The molecule has 0 aromatic heterocycles. The van der Waals surface area contributed by atoms with Crippen molar-refractivity contribution >= 4 is 5.91 Å². The Morgan fingerprint density at radius 2 is 1.94 bits per heavy atom. The molecule has 1 aromatic carbocycles. The number of rotatable bonds is 4. The average molecular weight is 248 g/mol. The highest BCUT2D eigenvalue weighted by Crippen LogP contribution is 2.11. The van der Waals surface area contributed by atoms with Crippen molar-refractivity contribution in [2.75, 3.05) is 13.1 Å². The largest absolute Gasteiger partial charge is 0.508 e. The maximum Gasteiger partial charge on any atom is 0.239 e. The van der Waals surface area contributed by atoms with Gasteiger partial charge in [0.25, 0.3) is 0 Å². The molecule has 1 amide bonds. The molecule has 0 aliphatic carbocycles. The SMILES string of the molecule is CC(NCc1ccc(O)cc1)C(=O)N1CCCC1. The summed E-state index contributed by atoms with van der Waals surface area (Å²) in [7, 11) is 0. The predicted octanol–water partition coefficient (Wildman–Crippen LogP) is 1.49. The van der Waals surface area contributed by atoms with Crippen LogP contribution in [0.15, 0.2) is 24.3 Å². The van der Waals surface area contributed by atoms with Gasteiger partial charge in [0.05, 0.1) is 6.04 Å². The lowest BCUT2D eigenvalue weighted by molar-refractivity contribution is -0.131. The number of phenols is 1. The number of likely N-dealkylation sites (tertiary alicyclic amines) is 1. The van der Waals surface area contributed by atoms with Gasteiger partial charge in [0.1, 0.15) is 5.75 Å². The average Bonchev–Trinajstić information content (AvgIpc) is 2.90. The number of phenolic OH excluding ortho intramolecular Hbond substituents is 1. The minimum Gasteiger partial charge on any atom is -0.508 e. The second kappa shape index (κ2) is 5.87. The number of benzene rings is 1. The van der Waals surface area contributed by atoms with Gasteiger partial charge in [0, 0.05) is 19.6 Å². The number of hydrogen-bond acceptors (Lipinski definition) is 3. The van der Waals surface area contributed by atoms with Crippen molar-refractivity contribution in [1.29, 1.82) is 0 Å². The van der Waals surface area contributed by atoms with Crippen LogP contribution in [0.5, 0.6) is 5.75 Å². The van der Waals surface area contributed by atoms with Crippen LogP contribution in [0, 0.1) is 0 Å². The molecular weight excluding hydrogens is 228 g/mol. The summed E-state index contributed by atoms with van der Waals surface area (Å²) in [4.78, 5) is 14.0. The van der Waals surface area contributed by atoms with Crippen molar-refractivity contribution in [2.24, 2.45) is 0 Å². The van der Waals surface area contributed by atoms with E-state index in [9.17, 15) is 9.90 Å². The molecule has 1 fully saturated rings. The molecule has 98 valence electrons. The number of amides is 1. The monoisotopic (exact) mass is 248 g/mol. The Morgan fingerprint density at radius 3 is 2.56 bits per heavy atom. The van der Waals surface area contributed by atoms with Crippen LogP contribution in [-0.4, -0.2) is 35.0 Å². The van der Waals surface area contributed by atoms with Crippen LogP contribution >= 0.6 is 0 Å². The van der Waals surface area contributed by atoms with Crippen molar-refractivity contribution in [3.63, 3.8) is 0 Å². The van der Waals surface area contributed by atoms with E-state index < -0.39 is 0 Å². The van der Waals surface area contributed by atoms with Crippen molar-refractivity contribution in [1.82, 2.24) is 10.2 Å². The molecule has 1 heterocycles. The number of nitrogens with one attached hydrogen (secondary N) is 1. The summed E-state index contributed by atoms with van der Waals surface area (Å²) in [5.74, 6) is 0.450.